The number of benzene rings is 1. The molecule has 2 saturated heterocycles. The Morgan fingerprint density at radius 1 is 1.30 bits per heavy atom. The highest BCUT2D eigenvalue weighted by atomic mass is 32.2. The lowest BCUT2D eigenvalue weighted by Gasteiger charge is -2.25. The van der Waals surface area contributed by atoms with Crippen molar-refractivity contribution in [3.05, 3.63) is 34.9 Å². The van der Waals surface area contributed by atoms with Crippen molar-refractivity contribution in [1.82, 2.24) is 9.80 Å². The van der Waals surface area contributed by atoms with Gasteiger partial charge in [0, 0.05) is 25.3 Å². The number of rotatable bonds is 8. The second-order valence-electron chi connectivity index (χ2n) is 7.14. The average Bonchev–Trinajstić information content (AvgIpc) is 3.22. The van der Waals surface area contributed by atoms with E-state index in [2.05, 4.69) is 0 Å². The number of nitrogens with zero attached hydrogens (tertiary/aromatic N) is 2. The van der Waals surface area contributed by atoms with Crippen LogP contribution in [0.3, 0.4) is 0 Å². The fourth-order valence-corrected chi connectivity index (χ4v) is 6.65. The molecule has 0 aliphatic carbocycles. The molecule has 2 fully saturated rings. The Morgan fingerprint density at radius 3 is 2.63 bits per heavy atom. The molecule has 0 aromatic heterocycles. The summed E-state index contributed by atoms with van der Waals surface area (Å²) < 4.78 is 34.7. The standard InChI is InChI=1S/C20H26N2O5S3/c1-4-21(15-8-10-30(24,25)13-15)12-18-19(23)22(20(28)29-18)9-7-14-5-6-16(26-2)17(11-14)27-3/h5-6,11-12,15H,4,7-10,13H2,1-3H3/b18-12+/t15-/m0/s1. The average molecular weight is 471 g/mol. The molecule has 1 aromatic rings. The summed E-state index contributed by atoms with van der Waals surface area (Å²) in [6.45, 7) is 3.05. The third-order valence-corrected chi connectivity index (χ3v) is 8.39. The molecule has 2 heterocycles. The molecule has 0 saturated carbocycles. The van der Waals surface area contributed by atoms with Crippen LogP contribution >= 0.6 is 24.0 Å². The van der Waals surface area contributed by atoms with Crippen LogP contribution in [0.25, 0.3) is 0 Å². The SMILES string of the molecule is CCN(/C=C1/SC(=S)N(CCc2ccc(OC)c(OC)c2)C1=O)[C@H]1CCS(=O)(=O)C1. The molecule has 2 aliphatic heterocycles. The fourth-order valence-electron chi connectivity index (χ4n) is 3.60. The Bertz CT molecular complexity index is 961. The molecule has 30 heavy (non-hydrogen) atoms. The lowest BCUT2D eigenvalue weighted by Crippen LogP contribution is -2.33. The van der Waals surface area contributed by atoms with Gasteiger partial charge in [0.1, 0.15) is 4.32 Å². The van der Waals surface area contributed by atoms with Crippen molar-refractivity contribution in [1.29, 1.82) is 0 Å². The van der Waals surface area contributed by atoms with Crippen molar-refractivity contribution in [2.24, 2.45) is 0 Å². The first-order chi connectivity index (χ1) is 14.3. The number of sulfone groups is 1. The topological polar surface area (TPSA) is 76.2 Å². The molecule has 10 heteroatoms. The molecule has 1 aromatic carbocycles. The van der Waals surface area contributed by atoms with E-state index in [1.807, 2.05) is 30.0 Å². The zero-order chi connectivity index (χ0) is 21.9. The molecule has 164 valence electrons. The third kappa shape index (κ3) is 5.09. The Hall–Kier alpha value is -1.78. The number of amides is 1. The number of thiocarbonyl (C=S) groups is 1. The number of methoxy groups -OCH3 is 2. The zero-order valence-electron chi connectivity index (χ0n) is 17.3. The number of ether oxygens (including phenoxy) is 2. The summed E-state index contributed by atoms with van der Waals surface area (Å²) in [4.78, 5) is 17.0. The van der Waals surface area contributed by atoms with Crippen molar-refractivity contribution in [3.8, 4) is 11.5 Å². The highest BCUT2D eigenvalue weighted by molar-refractivity contribution is 8.26. The van der Waals surface area contributed by atoms with E-state index in [1.165, 1.54) is 11.8 Å². The van der Waals surface area contributed by atoms with Crippen molar-refractivity contribution >= 4 is 44.0 Å². The fraction of sp³-hybridized carbons (Fsp3) is 0.500. The van der Waals surface area contributed by atoms with Crippen LogP contribution in [0.1, 0.15) is 18.9 Å². The molecule has 1 amide bonds. The molecule has 2 aliphatic rings. The van der Waals surface area contributed by atoms with E-state index in [0.717, 1.165) is 5.56 Å². The maximum Gasteiger partial charge on any atom is 0.267 e. The van der Waals surface area contributed by atoms with Crippen LogP contribution in [0.4, 0.5) is 0 Å². The maximum absolute atomic E-state index is 12.9. The van der Waals surface area contributed by atoms with E-state index in [4.69, 9.17) is 21.7 Å². The van der Waals surface area contributed by atoms with E-state index in [-0.39, 0.29) is 23.5 Å². The Labute approximate surface area is 187 Å². The second kappa shape index (κ2) is 9.57. The van der Waals surface area contributed by atoms with E-state index in [1.54, 1.807) is 25.3 Å². The summed E-state index contributed by atoms with van der Waals surface area (Å²) in [5, 5.41) is 0. The Morgan fingerprint density at radius 2 is 2.03 bits per heavy atom. The lowest BCUT2D eigenvalue weighted by atomic mass is 10.1. The maximum atomic E-state index is 12.9. The number of hydrogen-bond acceptors (Lipinski definition) is 8. The van der Waals surface area contributed by atoms with Gasteiger partial charge < -0.3 is 14.4 Å². The van der Waals surface area contributed by atoms with Gasteiger partial charge in [-0.25, -0.2) is 8.42 Å². The number of hydrogen-bond donors (Lipinski definition) is 0. The van der Waals surface area contributed by atoms with Gasteiger partial charge in [-0.3, -0.25) is 9.69 Å². The molecule has 3 rings (SSSR count). The predicted molar refractivity (Wildman–Crippen MR) is 123 cm³/mol. The summed E-state index contributed by atoms with van der Waals surface area (Å²) in [7, 11) is 0.187. The van der Waals surface area contributed by atoms with E-state index >= 15 is 0 Å². The van der Waals surface area contributed by atoms with Gasteiger partial charge >= 0.3 is 0 Å². The molecule has 1 atom stereocenters. The lowest BCUT2D eigenvalue weighted by molar-refractivity contribution is -0.122. The largest absolute Gasteiger partial charge is 0.493 e. The quantitative estimate of drug-likeness (QED) is 0.424. The molecule has 7 nitrogen and oxygen atoms in total. The Kier molecular flexibility index (Phi) is 7.30. The van der Waals surface area contributed by atoms with Crippen LogP contribution in [-0.2, 0) is 21.1 Å². The van der Waals surface area contributed by atoms with Gasteiger partial charge in [0.2, 0.25) is 0 Å². The van der Waals surface area contributed by atoms with Crippen LogP contribution < -0.4 is 9.47 Å². The summed E-state index contributed by atoms with van der Waals surface area (Å²) in [5.41, 5.74) is 1.01. The number of carbonyl (C=O) groups is 1. The summed E-state index contributed by atoms with van der Waals surface area (Å²) in [5.74, 6) is 1.50. The predicted octanol–water partition coefficient (Wildman–Crippen LogP) is 2.46. The van der Waals surface area contributed by atoms with Crippen molar-refractivity contribution < 1.29 is 22.7 Å². The van der Waals surface area contributed by atoms with Crippen LogP contribution in [0.15, 0.2) is 29.3 Å². The van der Waals surface area contributed by atoms with Crippen molar-refractivity contribution in [2.75, 3.05) is 38.8 Å². The van der Waals surface area contributed by atoms with E-state index in [0.29, 0.717) is 46.7 Å². The van der Waals surface area contributed by atoms with E-state index < -0.39 is 9.84 Å². The van der Waals surface area contributed by atoms with Gasteiger partial charge in [-0.2, -0.15) is 0 Å². The zero-order valence-corrected chi connectivity index (χ0v) is 19.7. The minimum atomic E-state index is -2.99. The monoisotopic (exact) mass is 470 g/mol. The van der Waals surface area contributed by atoms with Gasteiger partial charge in [-0.15, -0.1) is 0 Å². The first-order valence-corrected chi connectivity index (χ1v) is 12.7. The Balaban J connectivity index is 1.68. The first kappa shape index (κ1) is 22.9. The van der Waals surface area contributed by atoms with Crippen LogP contribution in [0.5, 0.6) is 11.5 Å². The van der Waals surface area contributed by atoms with Crippen molar-refractivity contribution in [2.45, 2.75) is 25.8 Å². The van der Waals surface area contributed by atoms with E-state index in [9.17, 15) is 13.2 Å². The molecule has 0 bridgehead atoms. The molecule has 0 unspecified atom stereocenters. The van der Waals surface area contributed by atoms with Crippen LogP contribution in [0.2, 0.25) is 0 Å². The van der Waals surface area contributed by atoms with Gasteiger partial charge in [-0.05, 0) is 37.5 Å². The van der Waals surface area contributed by atoms with Gasteiger partial charge in [-0.1, -0.05) is 30.0 Å². The summed E-state index contributed by atoms with van der Waals surface area (Å²) in [6, 6.07) is 5.59. The summed E-state index contributed by atoms with van der Waals surface area (Å²) in [6.07, 6.45) is 2.99. The highest BCUT2D eigenvalue weighted by Crippen LogP contribution is 2.33. The van der Waals surface area contributed by atoms with Gasteiger partial charge in [0.25, 0.3) is 5.91 Å². The van der Waals surface area contributed by atoms with Gasteiger partial charge in [0.05, 0.1) is 30.6 Å². The number of thioether (sulfide) groups is 1. The third-order valence-electron chi connectivity index (χ3n) is 5.27. The normalized spacial score (nSPS) is 22.0. The molecule has 0 spiro atoms. The highest BCUT2D eigenvalue weighted by Gasteiger charge is 2.35. The molecule has 0 radical (unpaired) electrons. The molecular formula is C20H26N2O5S3. The minimum absolute atomic E-state index is 0.0877. The van der Waals surface area contributed by atoms with Crippen molar-refractivity contribution in [3.63, 3.8) is 0 Å². The van der Waals surface area contributed by atoms with Crippen LogP contribution in [-0.4, -0.2) is 73.3 Å². The minimum Gasteiger partial charge on any atom is -0.493 e. The van der Waals surface area contributed by atoms with Gasteiger partial charge in [0.15, 0.2) is 21.3 Å². The molecular weight excluding hydrogens is 444 g/mol. The smallest absolute Gasteiger partial charge is 0.267 e. The molecule has 0 N–H and O–H groups in total. The summed E-state index contributed by atoms with van der Waals surface area (Å²) >= 11 is 6.69. The first-order valence-electron chi connectivity index (χ1n) is 9.70. The number of carbonyl (C=O) groups excluding carboxylic acids is 1. The second-order valence-corrected chi connectivity index (χ2v) is 11.0. The van der Waals surface area contributed by atoms with Crippen LogP contribution in [0, 0.1) is 0 Å².